The third-order valence-corrected chi connectivity index (χ3v) is 3.42. The first-order valence-corrected chi connectivity index (χ1v) is 6.64. The molecule has 5 nitrogen and oxygen atoms in total. The van der Waals surface area contributed by atoms with Crippen LogP contribution in [0.4, 0.5) is 0 Å². The van der Waals surface area contributed by atoms with Gasteiger partial charge in [-0.15, -0.1) is 0 Å². The Labute approximate surface area is 119 Å². The van der Waals surface area contributed by atoms with Gasteiger partial charge in [-0.25, -0.2) is 0 Å². The average Bonchev–Trinajstić information content (AvgIpc) is 2.39. The van der Waals surface area contributed by atoms with E-state index in [1.165, 1.54) is 19.2 Å². The minimum Gasteiger partial charge on any atom is -0.504 e. The lowest BCUT2D eigenvalue weighted by molar-refractivity contribution is -0.158. The number of hydrogen-bond donors (Lipinski definition) is 2. The second-order valence-corrected chi connectivity index (χ2v) is 4.75. The number of carbonyl (C=O) groups excluding carboxylic acids is 1. The van der Waals surface area contributed by atoms with Gasteiger partial charge in [-0.3, -0.25) is 4.79 Å². The molecule has 0 fully saturated rings. The molecule has 0 saturated carbocycles. The van der Waals surface area contributed by atoms with E-state index in [-0.39, 0.29) is 18.1 Å². The fraction of sp³-hybridized carbons (Fsp3) is 0.533. The van der Waals surface area contributed by atoms with E-state index in [4.69, 9.17) is 9.47 Å². The Hall–Kier alpha value is -1.75. The molecule has 1 aromatic carbocycles. The zero-order chi connectivity index (χ0) is 15.3. The van der Waals surface area contributed by atoms with Gasteiger partial charge in [-0.1, -0.05) is 13.0 Å². The molecule has 0 bridgehead atoms. The van der Waals surface area contributed by atoms with E-state index in [0.29, 0.717) is 12.0 Å². The van der Waals surface area contributed by atoms with Crippen molar-refractivity contribution in [1.29, 1.82) is 0 Å². The van der Waals surface area contributed by atoms with Gasteiger partial charge in [0, 0.05) is 0 Å². The molecule has 2 atom stereocenters. The number of benzene rings is 1. The van der Waals surface area contributed by atoms with Gasteiger partial charge in [0.15, 0.2) is 11.5 Å². The summed E-state index contributed by atoms with van der Waals surface area (Å²) in [6, 6.07) is 4.53. The van der Waals surface area contributed by atoms with Crippen LogP contribution in [-0.4, -0.2) is 29.9 Å². The summed E-state index contributed by atoms with van der Waals surface area (Å²) in [5.41, 5.74) is -0.908. The Morgan fingerprint density at radius 3 is 2.55 bits per heavy atom. The van der Waals surface area contributed by atoms with E-state index in [0.717, 1.165) is 0 Å². The summed E-state index contributed by atoms with van der Waals surface area (Å²) >= 11 is 0. The third kappa shape index (κ3) is 3.22. The van der Waals surface area contributed by atoms with Crippen molar-refractivity contribution >= 4 is 5.97 Å². The summed E-state index contributed by atoms with van der Waals surface area (Å²) < 4.78 is 10.0. The topological polar surface area (TPSA) is 76.0 Å². The second-order valence-electron chi connectivity index (χ2n) is 4.75. The molecule has 0 amide bonds. The van der Waals surface area contributed by atoms with E-state index in [1.54, 1.807) is 19.9 Å². The molecule has 2 unspecified atom stereocenters. The second kappa shape index (κ2) is 6.61. The number of aromatic hydroxyl groups is 1. The Kier molecular flexibility index (Phi) is 5.39. The van der Waals surface area contributed by atoms with Crippen LogP contribution in [0.3, 0.4) is 0 Å². The number of phenolic OH excluding ortho intramolecular Hbond substituents is 1. The molecule has 0 aliphatic carbocycles. The van der Waals surface area contributed by atoms with Gasteiger partial charge in [0.2, 0.25) is 0 Å². The zero-order valence-corrected chi connectivity index (χ0v) is 12.3. The standard InChI is InChI=1S/C15H22O5/c1-5-11(14(17)20-6-2)15(3,18)10-7-8-12(16)13(9-10)19-4/h7-9,11,16,18H,5-6H2,1-4H3. The maximum Gasteiger partial charge on any atom is 0.312 e. The number of aliphatic hydroxyl groups is 1. The van der Waals surface area contributed by atoms with Crippen molar-refractivity contribution in [1.82, 2.24) is 0 Å². The Bertz CT molecular complexity index is 467. The van der Waals surface area contributed by atoms with Crippen molar-refractivity contribution in [2.24, 2.45) is 5.92 Å². The van der Waals surface area contributed by atoms with Crippen molar-refractivity contribution in [3.8, 4) is 11.5 Å². The highest BCUT2D eigenvalue weighted by Gasteiger charge is 2.39. The fourth-order valence-corrected chi connectivity index (χ4v) is 2.23. The normalized spacial score (nSPS) is 15.2. The van der Waals surface area contributed by atoms with Gasteiger partial charge in [-0.2, -0.15) is 0 Å². The van der Waals surface area contributed by atoms with Gasteiger partial charge >= 0.3 is 5.97 Å². The van der Waals surface area contributed by atoms with Crippen molar-refractivity contribution in [2.75, 3.05) is 13.7 Å². The summed E-state index contributed by atoms with van der Waals surface area (Å²) in [5, 5.41) is 20.3. The van der Waals surface area contributed by atoms with Gasteiger partial charge in [0.1, 0.15) is 5.60 Å². The molecule has 0 radical (unpaired) electrons. The van der Waals surface area contributed by atoms with Crippen molar-refractivity contribution in [2.45, 2.75) is 32.8 Å². The largest absolute Gasteiger partial charge is 0.504 e. The number of carbonyl (C=O) groups is 1. The summed E-state index contributed by atoms with van der Waals surface area (Å²) in [4.78, 5) is 12.0. The lowest BCUT2D eigenvalue weighted by atomic mass is 9.81. The Morgan fingerprint density at radius 2 is 2.05 bits per heavy atom. The third-order valence-electron chi connectivity index (χ3n) is 3.42. The molecular formula is C15H22O5. The minimum absolute atomic E-state index is 0.0174. The number of rotatable bonds is 6. The molecule has 0 heterocycles. The molecule has 1 rings (SSSR count). The maximum atomic E-state index is 12.0. The number of phenols is 1. The smallest absolute Gasteiger partial charge is 0.312 e. The molecule has 0 aromatic heterocycles. The van der Waals surface area contributed by atoms with E-state index in [1.807, 2.05) is 6.92 Å². The van der Waals surface area contributed by atoms with E-state index >= 15 is 0 Å². The van der Waals surface area contributed by atoms with Gasteiger partial charge in [0.05, 0.1) is 19.6 Å². The Morgan fingerprint density at radius 1 is 1.40 bits per heavy atom. The highest BCUT2D eigenvalue weighted by Crippen LogP contribution is 2.37. The van der Waals surface area contributed by atoms with Crippen LogP contribution in [0.1, 0.15) is 32.8 Å². The highest BCUT2D eigenvalue weighted by atomic mass is 16.5. The zero-order valence-electron chi connectivity index (χ0n) is 12.3. The first kappa shape index (κ1) is 16.3. The Balaban J connectivity index is 3.16. The van der Waals surface area contributed by atoms with Crippen LogP contribution in [0.15, 0.2) is 18.2 Å². The molecular weight excluding hydrogens is 260 g/mol. The van der Waals surface area contributed by atoms with Crippen molar-refractivity contribution < 1.29 is 24.5 Å². The number of ether oxygens (including phenoxy) is 2. The predicted molar refractivity (Wildman–Crippen MR) is 74.6 cm³/mol. The molecule has 2 N–H and O–H groups in total. The summed E-state index contributed by atoms with van der Waals surface area (Å²) in [6.07, 6.45) is 0.440. The lowest BCUT2D eigenvalue weighted by Gasteiger charge is -2.31. The van der Waals surface area contributed by atoms with Gasteiger partial charge < -0.3 is 19.7 Å². The van der Waals surface area contributed by atoms with Crippen molar-refractivity contribution in [3.63, 3.8) is 0 Å². The first-order chi connectivity index (χ1) is 9.38. The van der Waals surface area contributed by atoms with E-state index in [9.17, 15) is 15.0 Å². The van der Waals surface area contributed by atoms with E-state index < -0.39 is 17.5 Å². The van der Waals surface area contributed by atoms with Gasteiger partial charge in [0.25, 0.3) is 0 Å². The van der Waals surface area contributed by atoms with Crippen LogP contribution in [0.25, 0.3) is 0 Å². The number of esters is 1. The monoisotopic (exact) mass is 282 g/mol. The number of hydrogen-bond acceptors (Lipinski definition) is 5. The molecule has 112 valence electrons. The summed E-state index contributed by atoms with van der Waals surface area (Å²) in [7, 11) is 1.43. The van der Waals surface area contributed by atoms with Crippen LogP contribution < -0.4 is 4.74 Å². The molecule has 0 aliphatic heterocycles. The fourth-order valence-electron chi connectivity index (χ4n) is 2.23. The van der Waals surface area contributed by atoms with Crippen LogP contribution in [0.5, 0.6) is 11.5 Å². The quantitative estimate of drug-likeness (QED) is 0.782. The first-order valence-electron chi connectivity index (χ1n) is 6.64. The molecule has 20 heavy (non-hydrogen) atoms. The van der Waals surface area contributed by atoms with Crippen LogP contribution in [0, 0.1) is 5.92 Å². The van der Waals surface area contributed by atoms with Crippen LogP contribution in [-0.2, 0) is 15.1 Å². The molecule has 0 saturated heterocycles. The summed E-state index contributed by atoms with van der Waals surface area (Å²) in [6.45, 7) is 5.37. The van der Waals surface area contributed by atoms with E-state index in [2.05, 4.69) is 0 Å². The van der Waals surface area contributed by atoms with Crippen LogP contribution in [0.2, 0.25) is 0 Å². The number of methoxy groups -OCH3 is 1. The highest BCUT2D eigenvalue weighted by molar-refractivity contribution is 5.74. The van der Waals surface area contributed by atoms with Crippen molar-refractivity contribution in [3.05, 3.63) is 23.8 Å². The minimum atomic E-state index is -1.40. The lowest BCUT2D eigenvalue weighted by Crippen LogP contribution is -2.38. The molecule has 1 aromatic rings. The molecule has 0 aliphatic rings. The predicted octanol–water partition coefficient (Wildman–Crippen LogP) is 2.20. The van der Waals surface area contributed by atoms with Gasteiger partial charge in [-0.05, 0) is 38.0 Å². The molecule has 0 spiro atoms. The summed E-state index contributed by atoms with van der Waals surface area (Å²) in [5.74, 6) is -0.888. The average molecular weight is 282 g/mol. The molecule has 5 heteroatoms. The maximum absolute atomic E-state index is 12.0. The SMILES string of the molecule is CCOC(=O)C(CC)C(C)(O)c1ccc(O)c(OC)c1. The van der Waals surface area contributed by atoms with Crippen LogP contribution >= 0.6 is 0 Å².